The number of nitrogens with zero attached hydrogens (tertiary/aromatic N) is 4. The Bertz CT molecular complexity index is 347. The lowest BCUT2D eigenvalue weighted by molar-refractivity contribution is -0.136. The van der Waals surface area contributed by atoms with Crippen molar-refractivity contribution in [3.8, 4) is 0 Å². The monoisotopic (exact) mass is 226 g/mol. The van der Waals surface area contributed by atoms with Crippen LogP contribution in [0.1, 0.15) is 0 Å². The molecule has 0 aliphatic heterocycles. The molecule has 1 heterocycles. The van der Waals surface area contributed by atoms with E-state index in [4.69, 9.17) is 0 Å². The molecule has 0 unspecified atom stereocenters. The van der Waals surface area contributed by atoms with E-state index in [1.54, 1.807) is 0 Å². The van der Waals surface area contributed by atoms with E-state index in [-0.39, 0.29) is 0 Å². The summed E-state index contributed by atoms with van der Waals surface area (Å²) >= 11 is 0. The van der Waals surface area contributed by atoms with Crippen LogP contribution in [0.4, 0.5) is 0 Å². The summed E-state index contributed by atoms with van der Waals surface area (Å²) < 4.78 is 1.20. The quantitative estimate of drug-likeness (QED) is 0.581. The van der Waals surface area contributed by atoms with Crippen molar-refractivity contribution >= 4 is 11.8 Å². The number of amides is 2. The number of hydrogen-bond donors (Lipinski definition) is 2. The van der Waals surface area contributed by atoms with Gasteiger partial charge in [-0.1, -0.05) is 0 Å². The second kappa shape index (κ2) is 5.81. The average molecular weight is 226 g/mol. The molecule has 2 amide bonds. The van der Waals surface area contributed by atoms with Crippen molar-refractivity contribution in [3.05, 3.63) is 12.7 Å². The highest BCUT2D eigenvalue weighted by Crippen LogP contribution is 1.78. The van der Waals surface area contributed by atoms with Gasteiger partial charge in [-0.15, -0.1) is 10.2 Å². The molecule has 8 nitrogen and oxygen atoms in total. The van der Waals surface area contributed by atoms with Crippen LogP contribution in [0.5, 0.6) is 0 Å². The predicted octanol–water partition coefficient (Wildman–Crippen LogP) is -1.97. The van der Waals surface area contributed by atoms with Gasteiger partial charge in [-0.25, -0.2) is 4.68 Å². The molecule has 0 atom stereocenters. The summed E-state index contributed by atoms with van der Waals surface area (Å²) in [7, 11) is 3.76. The number of carbonyl (C=O) groups excluding carboxylic acids is 2. The molecule has 0 saturated carbocycles. The maximum atomic E-state index is 11.3. The van der Waals surface area contributed by atoms with Gasteiger partial charge in [0.1, 0.15) is 12.7 Å². The van der Waals surface area contributed by atoms with Crippen LogP contribution in [0, 0.1) is 0 Å². The van der Waals surface area contributed by atoms with Crippen LogP contribution in [-0.4, -0.2) is 58.8 Å². The first-order valence-electron chi connectivity index (χ1n) is 4.68. The zero-order chi connectivity index (χ0) is 12.0. The van der Waals surface area contributed by atoms with Crippen LogP contribution in [-0.2, 0) is 9.59 Å². The van der Waals surface area contributed by atoms with Crippen LogP contribution in [0.2, 0.25) is 0 Å². The van der Waals surface area contributed by atoms with Crippen molar-refractivity contribution in [1.29, 1.82) is 0 Å². The molecule has 16 heavy (non-hydrogen) atoms. The summed E-state index contributed by atoms with van der Waals surface area (Å²) in [6.45, 7) is 1.09. The molecular weight excluding hydrogens is 212 g/mol. The normalized spacial score (nSPS) is 10.2. The van der Waals surface area contributed by atoms with Gasteiger partial charge in [-0.3, -0.25) is 15.0 Å². The number of carbonyl (C=O) groups is 2. The van der Waals surface area contributed by atoms with Crippen LogP contribution < -0.4 is 10.7 Å². The Hall–Kier alpha value is -1.96. The van der Waals surface area contributed by atoms with Gasteiger partial charge in [0.15, 0.2) is 0 Å². The molecule has 2 N–H and O–H groups in total. The minimum atomic E-state index is -0.751. The van der Waals surface area contributed by atoms with Gasteiger partial charge in [-0.2, -0.15) is 0 Å². The molecule has 1 rings (SSSR count). The van der Waals surface area contributed by atoms with Gasteiger partial charge in [0.25, 0.3) is 0 Å². The largest absolute Gasteiger partial charge is 0.346 e. The molecule has 0 bridgehead atoms. The number of likely N-dealkylation sites (N-methyl/N-ethyl adjacent to an activating group) is 1. The molecule has 0 aliphatic rings. The van der Waals surface area contributed by atoms with Crippen LogP contribution >= 0.6 is 0 Å². The lowest BCUT2D eigenvalue weighted by atomic mass is 10.5. The number of rotatable bonds is 4. The first-order chi connectivity index (χ1) is 7.59. The molecular formula is C8H14N6O2. The Kier molecular flexibility index (Phi) is 4.40. The highest BCUT2D eigenvalue weighted by Gasteiger charge is 2.12. The molecule has 0 saturated heterocycles. The van der Waals surface area contributed by atoms with Crippen LogP contribution in [0.3, 0.4) is 0 Å². The molecule has 0 aliphatic carbocycles. The van der Waals surface area contributed by atoms with E-state index in [0.29, 0.717) is 13.1 Å². The third-order valence-corrected chi connectivity index (χ3v) is 1.70. The predicted molar refractivity (Wildman–Crippen MR) is 56.0 cm³/mol. The molecule has 88 valence electrons. The summed E-state index contributed by atoms with van der Waals surface area (Å²) in [6, 6.07) is 0. The van der Waals surface area contributed by atoms with Gasteiger partial charge in [0.05, 0.1) is 0 Å². The Balaban J connectivity index is 2.28. The summed E-state index contributed by atoms with van der Waals surface area (Å²) in [4.78, 5) is 24.4. The molecule has 1 aromatic heterocycles. The van der Waals surface area contributed by atoms with Gasteiger partial charge < -0.3 is 10.2 Å². The zero-order valence-electron chi connectivity index (χ0n) is 9.17. The number of aromatic nitrogens is 3. The third-order valence-electron chi connectivity index (χ3n) is 1.70. The molecule has 1 aromatic rings. The Morgan fingerprint density at radius 3 is 2.44 bits per heavy atom. The van der Waals surface area contributed by atoms with Crippen molar-refractivity contribution in [1.82, 2.24) is 25.1 Å². The minimum absolute atomic E-state index is 0.418. The van der Waals surface area contributed by atoms with E-state index in [1.165, 1.54) is 17.3 Å². The van der Waals surface area contributed by atoms with E-state index in [1.807, 2.05) is 19.0 Å². The first kappa shape index (κ1) is 12.1. The summed E-state index contributed by atoms with van der Waals surface area (Å²) in [5.74, 6) is -1.44. The maximum Gasteiger partial charge on any atom is 0.328 e. The van der Waals surface area contributed by atoms with Gasteiger partial charge in [0.2, 0.25) is 0 Å². The lowest BCUT2D eigenvalue weighted by Gasteiger charge is -2.10. The van der Waals surface area contributed by atoms with Crippen LogP contribution in [0.15, 0.2) is 12.7 Å². The Morgan fingerprint density at radius 1 is 1.25 bits per heavy atom. The smallest absolute Gasteiger partial charge is 0.328 e. The van der Waals surface area contributed by atoms with E-state index in [0.717, 1.165) is 0 Å². The zero-order valence-corrected chi connectivity index (χ0v) is 9.17. The number of hydrogen-bond acceptors (Lipinski definition) is 5. The van der Waals surface area contributed by atoms with Crippen molar-refractivity contribution in [2.24, 2.45) is 0 Å². The van der Waals surface area contributed by atoms with Crippen molar-refractivity contribution in [2.45, 2.75) is 0 Å². The van der Waals surface area contributed by atoms with Gasteiger partial charge in [-0.05, 0) is 14.1 Å². The van der Waals surface area contributed by atoms with E-state index < -0.39 is 11.8 Å². The topological polar surface area (TPSA) is 92.2 Å². The minimum Gasteiger partial charge on any atom is -0.346 e. The van der Waals surface area contributed by atoms with Gasteiger partial charge >= 0.3 is 11.8 Å². The molecule has 0 aromatic carbocycles. The fourth-order valence-electron chi connectivity index (χ4n) is 0.900. The Morgan fingerprint density at radius 2 is 1.88 bits per heavy atom. The molecule has 0 radical (unpaired) electrons. The number of nitrogens with one attached hydrogen (secondary N) is 2. The first-order valence-corrected chi connectivity index (χ1v) is 4.68. The van der Waals surface area contributed by atoms with Crippen molar-refractivity contribution in [3.63, 3.8) is 0 Å². The average Bonchev–Trinajstić information content (AvgIpc) is 2.69. The highest BCUT2D eigenvalue weighted by atomic mass is 16.2. The SMILES string of the molecule is CN(C)CCNC(=O)C(=O)Nn1cnnc1. The van der Waals surface area contributed by atoms with Crippen molar-refractivity contribution < 1.29 is 9.59 Å². The standard InChI is InChI=1S/C8H14N6O2/c1-13(2)4-3-9-7(15)8(16)12-14-5-10-11-6-14/h5-6H,3-4H2,1-2H3,(H,9,15)(H,12,16). The maximum absolute atomic E-state index is 11.3. The van der Waals surface area contributed by atoms with Crippen molar-refractivity contribution in [2.75, 3.05) is 32.6 Å². The van der Waals surface area contributed by atoms with Gasteiger partial charge in [0, 0.05) is 13.1 Å². The Labute approximate surface area is 92.6 Å². The fraction of sp³-hybridized carbons (Fsp3) is 0.500. The van der Waals surface area contributed by atoms with E-state index in [2.05, 4.69) is 20.9 Å². The second-order valence-electron chi connectivity index (χ2n) is 3.37. The summed E-state index contributed by atoms with van der Waals surface area (Å²) in [5.41, 5.74) is 2.29. The molecule has 0 fully saturated rings. The third kappa shape index (κ3) is 4.05. The highest BCUT2D eigenvalue weighted by molar-refractivity contribution is 6.38. The van der Waals surface area contributed by atoms with E-state index in [9.17, 15) is 9.59 Å². The second-order valence-corrected chi connectivity index (χ2v) is 3.37. The molecule has 0 spiro atoms. The summed E-state index contributed by atoms with van der Waals surface area (Å²) in [6.07, 6.45) is 2.57. The molecule has 8 heteroatoms. The van der Waals surface area contributed by atoms with Crippen LogP contribution in [0.25, 0.3) is 0 Å². The summed E-state index contributed by atoms with van der Waals surface area (Å²) in [5, 5.41) is 9.44. The fourth-order valence-corrected chi connectivity index (χ4v) is 0.900. The van der Waals surface area contributed by atoms with E-state index >= 15 is 0 Å². The lowest BCUT2D eigenvalue weighted by Crippen LogP contribution is -2.40.